The molecule has 0 bridgehead atoms. The van der Waals surface area contributed by atoms with E-state index in [0.29, 0.717) is 11.3 Å². The zero-order valence-electron chi connectivity index (χ0n) is 9.47. The Hall–Kier alpha value is -2.29. The van der Waals surface area contributed by atoms with Gasteiger partial charge < -0.3 is 10.8 Å². The van der Waals surface area contributed by atoms with Crippen LogP contribution in [0.4, 0.5) is 5.69 Å². The number of aromatic hydroxyl groups is 1. The first-order valence-corrected chi connectivity index (χ1v) is 5.28. The van der Waals surface area contributed by atoms with Crippen LogP contribution in [0.3, 0.4) is 0 Å². The van der Waals surface area contributed by atoms with Crippen LogP contribution < -0.4 is 5.73 Å². The molecule has 3 nitrogen and oxygen atoms in total. The largest absolute Gasteiger partial charge is 0.507 e. The van der Waals surface area contributed by atoms with Crippen molar-refractivity contribution in [3.63, 3.8) is 0 Å². The number of nitrogens with two attached hydrogens (primary N) is 1. The normalized spacial score (nSPS) is 10.2. The van der Waals surface area contributed by atoms with Crippen LogP contribution in [-0.4, -0.2) is 10.9 Å². The van der Waals surface area contributed by atoms with Gasteiger partial charge in [0, 0.05) is 17.3 Å². The van der Waals surface area contributed by atoms with Crippen molar-refractivity contribution in [2.45, 2.75) is 6.92 Å². The molecule has 0 heterocycles. The summed E-state index contributed by atoms with van der Waals surface area (Å²) < 4.78 is 0. The molecule has 86 valence electrons. The Balaban J connectivity index is 2.48. The minimum atomic E-state index is -0.203. The second-order valence-electron chi connectivity index (χ2n) is 3.92. The molecule has 0 spiro atoms. The molecule has 0 saturated heterocycles. The van der Waals surface area contributed by atoms with E-state index in [1.807, 2.05) is 6.07 Å². The molecule has 0 fully saturated rings. The van der Waals surface area contributed by atoms with Crippen molar-refractivity contribution in [1.82, 2.24) is 0 Å². The first-order chi connectivity index (χ1) is 8.09. The third kappa shape index (κ3) is 2.13. The Kier molecular flexibility index (Phi) is 2.83. The number of hydrogen-bond acceptors (Lipinski definition) is 3. The molecule has 0 saturated carbocycles. The number of nitrogen functional groups attached to an aromatic ring is 1. The van der Waals surface area contributed by atoms with Crippen LogP contribution in [-0.2, 0) is 0 Å². The number of phenolic OH excluding ortho intramolecular Hbond substituents is 1. The van der Waals surface area contributed by atoms with E-state index in [-0.39, 0.29) is 17.1 Å². The highest BCUT2D eigenvalue weighted by Crippen LogP contribution is 2.26. The van der Waals surface area contributed by atoms with Crippen LogP contribution in [0.5, 0.6) is 5.75 Å². The van der Waals surface area contributed by atoms with E-state index >= 15 is 0 Å². The van der Waals surface area contributed by atoms with Crippen molar-refractivity contribution in [2.24, 2.45) is 0 Å². The van der Waals surface area contributed by atoms with Gasteiger partial charge in [0.05, 0.1) is 5.56 Å². The highest BCUT2D eigenvalue weighted by molar-refractivity contribution is 6.11. The predicted octanol–water partition coefficient (Wildman–Crippen LogP) is 2.51. The average molecular weight is 227 g/mol. The lowest BCUT2D eigenvalue weighted by molar-refractivity contribution is 0.103. The molecule has 17 heavy (non-hydrogen) atoms. The monoisotopic (exact) mass is 227 g/mol. The summed E-state index contributed by atoms with van der Waals surface area (Å²) in [5.74, 6) is -0.284. The van der Waals surface area contributed by atoms with Gasteiger partial charge in [0.1, 0.15) is 5.75 Å². The summed E-state index contributed by atoms with van der Waals surface area (Å²) in [6.45, 7) is 1.80. The van der Waals surface area contributed by atoms with Crippen molar-refractivity contribution in [2.75, 3.05) is 5.73 Å². The fourth-order valence-corrected chi connectivity index (χ4v) is 1.64. The molecule has 0 aliphatic carbocycles. The number of phenols is 1. The van der Waals surface area contributed by atoms with Gasteiger partial charge in [0.25, 0.3) is 0 Å². The SMILES string of the molecule is Cc1cc(C(=O)c2ccccc2)c(O)cc1N. The Labute approximate surface area is 99.5 Å². The molecule has 0 amide bonds. The van der Waals surface area contributed by atoms with Crippen LogP contribution in [0.25, 0.3) is 0 Å². The van der Waals surface area contributed by atoms with Gasteiger partial charge in [-0.05, 0) is 18.6 Å². The highest BCUT2D eigenvalue weighted by atomic mass is 16.3. The summed E-state index contributed by atoms with van der Waals surface area (Å²) in [6, 6.07) is 11.9. The van der Waals surface area contributed by atoms with Crippen molar-refractivity contribution < 1.29 is 9.90 Å². The Morgan fingerprint density at radius 1 is 1.18 bits per heavy atom. The number of anilines is 1. The maximum atomic E-state index is 12.1. The quantitative estimate of drug-likeness (QED) is 0.612. The molecule has 2 rings (SSSR count). The first-order valence-electron chi connectivity index (χ1n) is 5.28. The van der Waals surface area contributed by atoms with E-state index in [2.05, 4.69) is 0 Å². The topological polar surface area (TPSA) is 63.3 Å². The lowest BCUT2D eigenvalue weighted by atomic mass is 10.00. The van der Waals surface area contributed by atoms with E-state index in [9.17, 15) is 9.90 Å². The van der Waals surface area contributed by atoms with Gasteiger partial charge in [-0.2, -0.15) is 0 Å². The van der Waals surface area contributed by atoms with Crippen LogP contribution in [0, 0.1) is 6.92 Å². The zero-order valence-corrected chi connectivity index (χ0v) is 9.47. The Bertz CT molecular complexity index is 562. The molecular weight excluding hydrogens is 214 g/mol. The smallest absolute Gasteiger partial charge is 0.196 e. The molecular formula is C14H13NO2. The summed E-state index contributed by atoms with van der Waals surface area (Å²) >= 11 is 0. The standard InChI is InChI=1S/C14H13NO2/c1-9-7-11(13(16)8-12(9)15)14(17)10-5-3-2-4-6-10/h2-8,16H,15H2,1H3. The molecule has 0 radical (unpaired) electrons. The van der Waals surface area contributed by atoms with Crippen molar-refractivity contribution in [1.29, 1.82) is 0 Å². The number of ketones is 1. The van der Waals surface area contributed by atoms with Gasteiger partial charge in [0.2, 0.25) is 0 Å². The molecule has 2 aromatic carbocycles. The first kappa shape index (κ1) is 11.2. The summed E-state index contributed by atoms with van der Waals surface area (Å²) in [4.78, 5) is 12.1. The van der Waals surface area contributed by atoms with Crippen molar-refractivity contribution in [3.05, 3.63) is 59.2 Å². The van der Waals surface area contributed by atoms with E-state index in [1.54, 1.807) is 37.3 Å². The zero-order chi connectivity index (χ0) is 12.4. The third-order valence-electron chi connectivity index (χ3n) is 2.66. The van der Waals surface area contributed by atoms with Gasteiger partial charge >= 0.3 is 0 Å². The van der Waals surface area contributed by atoms with Gasteiger partial charge in [-0.25, -0.2) is 0 Å². The molecule has 2 aromatic rings. The van der Waals surface area contributed by atoms with Gasteiger partial charge in [0.15, 0.2) is 5.78 Å². The summed E-state index contributed by atoms with van der Waals surface area (Å²) in [5.41, 5.74) is 7.74. The molecule has 0 unspecified atom stereocenters. The van der Waals surface area contributed by atoms with Crippen molar-refractivity contribution >= 4 is 11.5 Å². The minimum absolute atomic E-state index is 0.0815. The van der Waals surface area contributed by atoms with Gasteiger partial charge in [-0.3, -0.25) is 4.79 Å². The molecule has 3 heteroatoms. The summed E-state index contributed by atoms with van der Waals surface area (Å²) in [7, 11) is 0. The number of benzene rings is 2. The fourth-order valence-electron chi connectivity index (χ4n) is 1.64. The van der Waals surface area contributed by atoms with E-state index in [4.69, 9.17) is 5.73 Å². The molecule has 0 aliphatic rings. The molecule has 0 aromatic heterocycles. The Morgan fingerprint density at radius 3 is 2.47 bits per heavy atom. The fraction of sp³-hybridized carbons (Fsp3) is 0.0714. The third-order valence-corrected chi connectivity index (χ3v) is 2.66. The lowest BCUT2D eigenvalue weighted by Crippen LogP contribution is -2.03. The number of aryl methyl sites for hydroxylation is 1. The van der Waals surface area contributed by atoms with Crippen molar-refractivity contribution in [3.8, 4) is 5.75 Å². The molecule has 0 aliphatic heterocycles. The number of rotatable bonds is 2. The van der Waals surface area contributed by atoms with E-state index in [1.165, 1.54) is 6.07 Å². The molecule has 0 atom stereocenters. The minimum Gasteiger partial charge on any atom is -0.507 e. The number of hydrogen-bond donors (Lipinski definition) is 2. The predicted molar refractivity (Wildman–Crippen MR) is 67.1 cm³/mol. The van der Waals surface area contributed by atoms with E-state index < -0.39 is 0 Å². The highest BCUT2D eigenvalue weighted by Gasteiger charge is 2.14. The number of carbonyl (C=O) groups excluding carboxylic acids is 1. The average Bonchev–Trinajstić information content (AvgIpc) is 2.34. The second-order valence-corrected chi connectivity index (χ2v) is 3.92. The van der Waals surface area contributed by atoms with Crippen LogP contribution in [0.2, 0.25) is 0 Å². The van der Waals surface area contributed by atoms with Crippen LogP contribution in [0.1, 0.15) is 21.5 Å². The number of carbonyl (C=O) groups is 1. The lowest BCUT2D eigenvalue weighted by Gasteiger charge is -2.07. The second kappa shape index (κ2) is 4.29. The van der Waals surface area contributed by atoms with Crippen LogP contribution >= 0.6 is 0 Å². The molecule has 3 N–H and O–H groups in total. The van der Waals surface area contributed by atoms with Gasteiger partial charge in [-0.15, -0.1) is 0 Å². The van der Waals surface area contributed by atoms with Gasteiger partial charge in [-0.1, -0.05) is 30.3 Å². The summed E-state index contributed by atoms with van der Waals surface area (Å²) in [6.07, 6.45) is 0. The Morgan fingerprint density at radius 2 is 1.82 bits per heavy atom. The van der Waals surface area contributed by atoms with Crippen LogP contribution in [0.15, 0.2) is 42.5 Å². The maximum absolute atomic E-state index is 12.1. The maximum Gasteiger partial charge on any atom is 0.196 e. The van der Waals surface area contributed by atoms with E-state index in [0.717, 1.165) is 5.56 Å². The summed E-state index contributed by atoms with van der Waals surface area (Å²) in [5, 5.41) is 9.75.